The zero-order chi connectivity index (χ0) is 23.7. The first-order valence-corrected chi connectivity index (χ1v) is 9.71. The summed E-state index contributed by atoms with van der Waals surface area (Å²) in [5, 5.41) is 22.8. The van der Waals surface area contributed by atoms with E-state index in [1.165, 1.54) is 12.6 Å². The summed E-state index contributed by atoms with van der Waals surface area (Å²) >= 11 is 0. The molecule has 8 nitrogen and oxygen atoms in total. The number of aryl methyl sites for hydroxylation is 1. The summed E-state index contributed by atoms with van der Waals surface area (Å²) in [6, 6.07) is 11.1. The Morgan fingerprint density at radius 1 is 1.22 bits per heavy atom. The van der Waals surface area contributed by atoms with Crippen molar-refractivity contribution >= 4 is 11.9 Å². The highest BCUT2D eigenvalue weighted by Gasteiger charge is 2.35. The quantitative estimate of drug-likeness (QED) is 0.574. The normalized spacial score (nSPS) is 18.6. The van der Waals surface area contributed by atoms with Crippen LogP contribution in [0.15, 0.2) is 48.6 Å². The number of carbonyl (C=O) groups is 2. The molecule has 0 aliphatic carbocycles. The average molecular weight is 455 g/mol. The van der Waals surface area contributed by atoms with Gasteiger partial charge in [0, 0.05) is 37.7 Å². The van der Waals surface area contributed by atoms with E-state index in [4.69, 9.17) is 14.9 Å². The molecule has 0 radical (unpaired) electrons. The molecule has 2 aromatic rings. The number of nitrogens with one attached hydrogen (secondary N) is 1. The van der Waals surface area contributed by atoms with Gasteiger partial charge in [-0.1, -0.05) is 30.3 Å². The van der Waals surface area contributed by atoms with E-state index in [1.807, 2.05) is 18.2 Å². The third-order valence-electron chi connectivity index (χ3n) is 4.80. The van der Waals surface area contributed by atoms with Crippen LogP contribution in [0.5, 0.6) is 5.88 Å². The molecule has 2 heterocycles. The molecule has 1 aliphatic heterocycles. The van der Waals surface area contributed by atoms with Crippen LogP contribution in [-0.4, -0.2) is 51.6 Å². The van der Waals surface area contributed by atoms with Gasteiger partial charge in [0.25, 0.3) is 0 Å². The van der Waals surface area contributed by atoms with Gasteiger partial charge < -0.3 is 20.3 Å². The summed E-state index contributed by atoms with van der Waals surface area (Å²) in [5.41, 5.74) is 0.434. The third kappa shape index (κ3) is 7.73. The van der Waals surface area contributed by atoms with Gasteiger partial charge in [-0.2, -0.15) is 13.2 Å². The lowest BCUT2D eigenvalue weighted by Gasteiger charge is -2.32. The van der Waals surface area contributed by atoms with E-state index in [-0.39, 0.29) is 11.8 Å². The monoisotopic (exact) mass is 455 g/mol. The molecule has 2 atom stereocenters. The Morgan fingerprint density at radius 3 is 2.38 bits per heavy atom. The molecular weight excluding hydrogens is 431 g/mol. The van der Waals surface area contributed by atoms with Gasteiger partial charge in [0.2, 0.25) is 5.88 Å². The zero-order valence-corrected chi connectivity index (χ0v) is 17.2. The van der Waals surface area contributed by atoms with Gasteiger partial charge >= 0.3 is 18.1 Å². The Hall–Kier alpha value is -3.34. The summed E-state index contributed by atoms with van der Waals surface area (Å²) in [6.45, 7) is 2.04. The number of nitrogens with zero attached hydrogens (tertiary/aromatic N) is 2. The number of alkyl halides is 3. The van der Waals surface area contributed by atoms with Gasteiger partial charge in [-0.15, -0.1) is 5.10 Å². The number of rotatable bonds is 6. The number of carboxylic acids is 2. The Morgan fingerprint density at radius 2 is 1.84 bits per heavy atom. The van der Waals surface area contributed by atoms with Crippen LogP contribution >= 0.6 is 0 Å². The molecule has 11 heteroatoms. The van der Waals surface area contributed by atoms with Crippen LogP contribution in [0, 0.1) is 5.92 Å². The standard InChI is InChI=1S/C17H20F3N3O.C4H4O4/c1-23-15(17(18,19)20)9-16(22-23)24-11-13-10-21-8-7-14(13)12-5-3-2-4-6-12;5-3(6)1-2-4(7)8/h2-6,9,13-14,21H,7-8,10-11H2,1H3;1-2H,(H,5,6)(H,7,8)/b;2-1+/t13-,14-;/m0./s1. The van der Waals surface area contributed by atoms with E-state index in [0.717, 1.165) is 30.3 Å². The SMILES string of the molecule is Cn1nc(OC[C@@H]2CNCC[C@H]2c2ccccc2)cc1C(F)(F)F.O=C(O)/C=C/C(=O)O. The molecule has 1 saturated heterocycles. The maximum atomic E-state index is 12.8. The predicted octanol–water partition coefficient (Wildman–Crippen LogP) is 2.92. The van der Waals surface area contributed by atoms with Crippen LogP contribution in [-0.2, 0) is 22.8 Å². The summed E-state index contributed by atoms with van der Waals surface area (Å²) in [4.78, 5) is 19.1. The topological polar surface area (TPSA) is 114 Å². The maximum Gasteiger partial charge on any atom is 0.433 e. The lowest BCUT2D eigenvalue weighted by atomic mass is 9.81. The Balaban J connectivity index is 0.000000390. The summed E-state index contributed by atoms with van der Waals surface area (Å²) in [7, 11) is 1.27. The fraction of sp³-hybridized carbons (Fsp3) is 0.381. The lowest BCUT2D eigenvalue weighted by molar-refractivity contribution is -0.143. The summed E-state index contributed by atoms with van der Waals surface area (Å²) < 4.78 is 44.8. The number of aliphatic carboxylic acids is 2. The zero-order valence-electron chi connectivity index (χ0n) is 17.2. The van der Waals surface area contributed by atoms with E-state index in [0.29, 0.717) is 24.7 Å². The molecule has 1 fully saturated rings. The van der Waals surface area contributed by atoms with Gasteiger partial charge in [0.1, 0.15) is 5.69 Å². The maximum absolute atomic E-state index is 12.8. The van der Waals surface area contributed by atoms with E-state index >= 15 is 0 Å². The predicted molar refractivity (Wildman–Crippen MR) is 108 cm³/mol. The molecule has 0 bridgehead atoms. The minimum Gasteiger partial charge on any atom is -0.478 e. The van der Waals surface area contributed by atoms with Crippen LogP contribution in [0.4, 0.5) is 13.2 Å². The molecule has 0 amide bonds. The van der Waals surface area contributed by atoms with Crippen molar-refractivity contribution in [1.82, 2.24) is 15.1 Å². The third-order valence-corrected chi connectivity index (χ3v) is 4.80. The van der Waals surface area contributed by atoms with E-state index in [1.54, 1.807) is 0 Å². The minimum absolute atomic E-state index is 0.0159. The Labute approximate surface area is 182 Å². The molecule has 32 heavy (non-hydrogen) atoms. The van der Waals surface area contributed by atoms with Crippen molar-refractivity contribution in [3.05, 3.63) is 59.8 Å². The molecule has 3 N–H and O–H groups in total. The smallest absolute Gasteiger partial charge is 0.433 e. The van der Waals surface area contributed by atoms with Gasteiger partial charge in [0.15, 0.2) is 0 Å². The van der Waals surface area contributed by atoms with Crippen molar-refractivity contribution in [3.63, 3.8) is 0 Å². The van der Waals surface area contributed by atoms with Crippen LogP contribution in [0.25, 0.3) is 0 Å². The first-order valence-electron chi connectivity index (χ1n) is 9.71. The largest absolute Gasteiger partial charge is 0.478 e. The first-order chi connectivity index (χ1) is 15.1. The fourth-order valence-electron chi connectivity index (χ4n) is 3.35. The number of benzene rings is 1. The fourth-order valence-corrected chi connectivity index (χ4v) is 3.35. The second-order valence-electron chi connectivity index (χ2n) is 7.08. The van der Waals surface area contributed by atoms with Crippen molar-refractivity contribution in [2.75, 3.05) is 19.7 Å². The minimum atomic E-state index is -4.43. The van der Waals surface area contributed by atoms with Crippen molar-refractivity contribution in [1.29, 1.82) is 0 Å². The van der Waals surface area contributed by atoms with E-state index < -0.39 is 23.8 Å². The second kappa shape index (κ2) is 11.3. The number of carboxylic acid groups (broad SMARTS) is 2. The summed E-state index contributed by atoms with van der Waals surface area (Å²) in [5.74, 6) is -1.97. The second-order valence-corrected chi connectivity index (χ2v) is 7.08. The molecule has 0 spiro atoms. The molecule has 1 aromatic heterocycles. The van der Waals surface area contributed by atoms with Crippen molar-refractivity contribution in [2.24, 2.45) is 13.0 Å². The van der Waals surface area contributed by atoms with Crippen molar-refractivity contribution in [2.45, 2.75) is 18.5 Å². The van der Waals surface area contributed by atoms with Crippen molar-refractivity contribution < 1.29 is 37.7 Å². The lowest BCUT2D eigenvalue weighted by Crippen LogP contribution is -2.38. The molecule has 174 valence electrons. The van der Waals surface area contributed by atoms with Gasteiger partial charge in [-0.05, 0) is 24.4 Å². The average Bonchev–Trinajstić information content (AvgIpc) is 3.13. The molecule has 1 aromatic carbocycles. The molecule has 0 unspecified atom stereocenters. The van der Waals surface area contributed by atoms with Gasteiger partial charge in [0.05, 0.1) is 6.61 Å². The van der Waals surface area contributed by atoms with E-state index in [9.17, 15) is 22.8 Å². The number of halogens is 3. The number of ether oxygens (including phenoxy) is 1. The van der Waals surface area contributed by atoms with Crippen molar-refractivity contribution in [3.8, 4) is 5.88 Å². The molecule has 1 aliphatic rings. The number of aromatic nitrogens is 2. The molecular formula is C21H24F3N3O5. The first kappa shape index (κ1) is 24.9. The Bertz CT molecular complexity index is 913. The van der Waals surface area contributed by atoms with Gasteiger partial charge in [-0.25, -0.2) is 9.59 Å². The van der Waals surface area contributed by atoms with Crippen LogP contribution in [0.2, 0.25) is 0 Å². The highest BCUT2D eigenvalue weighted by atomic mass is 19.4. The highest BCUT2D eigenvalue weighted by molar-refractivity contribution is 5.89. The van der Waals surface area contributed by atoms with E-state index in [2.05, 4.69) is 22.5 Å². The molecule has 0 saturated carbocycles. The number of piperidine rings is 1. The number of hydrogen-bond donors (Lipinski definition) is 3. The van der Waals surface area contributed by atoms with Gasteiger partial charge in [-0.3, -0.25) is 4.68 Å². The van der Waals surface area contributed by atoms with Crippen LogP contribution in [0.3, 0.4) is 0 Å². The number of hydrogen-bond acceptors (Lipinski definition) is 5. The Kier molecular flexibility index (Phi) is 8.82. The van der Waals surface area contributed by atoms with Crippen LogP contribution < -0.4 is 10.1 Å². The van der Waals surface area contributed by atoms with Crippen LogP contribution in [0.1, 0.15) is 23.6 Å². The summed E-state index contributed by atoms with van der Waals surface area (Å²) in [6.07, 6.45) is -2.33. The highest BCUT2D eigenvalue weighted by Crippen LogP contribution is 2.33. The molecule has 3 rings (SSSR count).